The number of methoxy groups -OCH3 is 2. The first-order chi connectivity index (χ1) is 27.2. The number of likely N-dealkylation sites (tertiary alicyclic amines) is 1. The zero-order chi connectivity index (χ0) is 43.5. The van der Waals surface area contributed by atoms with E-state index in [1.165, 1.54) is 0 Å². The number of amides is 3. The van der Waals surface area contributed by atoms with E-state index in [9.17, 15) is 19.2 Å². The highest BCUT2D eigenvalue weighted by molar-refractivity contribution is 5.87. The number of hydrogen-bond acceptors (Lipinski definition) is 10. The van der Waals surface area contributed by atoms with Crippen molar-refractivity contribution in [2.45, 2.75) is 150 Å². The van der Waals surface area contributed by atoms with E-state index in [0.717, 1.165) is 24.1 Å². The summed E-state index contributed by atoms with van der Waals surface area (Å²) in [5.74, 6) is -1.57. The van der Waals surface area contributed by atoms with Gasteiger partial charge < -0.3 is 34.6 Å². The number of aryl methyl sites for hydroxylation is 1. The van der Waals surface area contributed by atoms with Crippen molar-refractivity contribution in [3.8, 4) is 0 Å². The molecular weight excluding hydrogens is 737 g/mol. The molecule has 13 nitrogen and oxygen atoms in total. The summed E-state index contributed by atoms with van der Waals surface area (Å²) in [5.41, 5.74) is 0.529. The van der Waals surface area contributed by atoms with Gasteiger partial charge in [-0.2, -0.15) is 0 Å². The van der Waals surface area contributed by atoms with Crippen LogP contribution in [0.15, 0.2) is 42.6 Å². The number of rotatable bonds is 20. The fraction of sp³-hybridized carbons (Fsp3) is 0.689. The van der Waals surface area contributed by atoms with Gasteiger partial charge >= 0.3 is 5.97 Å². The van der Waals surface area contributed by atoms with Gasteiger partial charge in [-0.1, -0.05) is 92.1 Å². The molecule has 13 heteroatoms. The van der Waals surface area contributed by atoms with E-state index in [-0.39, 0.29) is 53.9 Å². The van der Waals surface area contributed by atoms with Gasteiger partial charge in [0.25, 0.3) is 0 Å². The van der Waals surface area contributed by atoms with E-state index in [1.54, 1.807) is 50.3 Å². The number of carbonyl (C=O) groups is 4. The molecule has 58 heavy (non-hydrogen) atoms. The Morgan fingerprint density at radius 1 is 0.983 bits per heavy atom. The van der Waals surface area contributed by atoms with Crippen molar-refractivity contribution in [2.75, 3.05) is 33.1 Å². The van der Waals surface area contributed by atoms with E-state index in [1.807, 2.05) is 85.7 Å². The molecule has 2 heterocycles. The van der Waals surface area contributed by atoms with Crippen molar-refractivity contribution in [1.82, 2.24) is 25.1 Å². The molecule has 2 N–H and O–H groups in total. The minimum atomic E-state index is -0.938. The Bertz CT molecular complexity index is 1650. The minimum absolute atomic E-state index is 0.00374. The van der Waals surface area contributed by atoms with Gasteiger partial charge in [-0.05, 0) is 57.1 Å². The van der Waals surface area contributed by atoms with Crippen LogP contribution in [0.5, 0.6) is 0 Å². The van der Waals surface area contributed by atoms with Gasteiger partial charge in [-0.25, -0.2) is 14.8 Å². The SMILES string of the molecule is CC[C@H](C)[C@@H]([C@@H](CC(=O)N1CCC[C@H]1[C@H](OC)[C@@H](C)C(=O)N[C@@H](Cc1ccccc1)C(=O)OC(C)(C)C(C)(C)C)OC)N(C)C(=O)[C@@H](Nc1nccc(C)n1)C(C)C. The van der Waals surface area contributed by atoms with Crippen molar-refractivity contribution in [2.24, 2.45) is 23.2 Å². The highest BCUT2D eigenvalue weighted by Crippen LogP contribution is 2.34. The number of carbonyl (C=O) groups excluding carboxylic acids is 4. The van der Waals surface area contributed by atoms with Crippen LogP contribution >= 0.6 is 0 Å². The van der Waals surface area contributed by atoms with Crippen LogP contribution in [-0.4, -0.2) is 113 Å². The lowest BCUT2D eigenvalue weighted by Crippen LogP contribution is -2.56. The summed E-state index contributed by atoms with van der Waals surface area (Å²) in [6.07, 6.45) is 2.83. The van der Waals surface area contributed by atoms with Gasteiger partial charge in [0, 0.05) is 51.5 Å². The van der Waals surface area contributed by atoms with E-state index >= 15 is 0 Å². The smallest absolute Gasteiger partial charge is 0.329 e. The average Bonchev–Trinajstić information content (AvgIpc) is 3.65. The van der Waals surface area contributed by atoms with Crippen molar-refractivity contribution < 1.29 is 33.4 Å². The number of nitrogens with one attached hydrogen (secondary N) is 2. The number of benzene rings is 1. The maximum Gasteiger partial charge on any atom is 0.329 e. The molecule has 1 aromatic carbocycles. The first-order valence-corrected chi connectivity index (χ1v) is 20.9. The van der Waals surface area contributed by atoms with Crippen molar-refractivity contribution in [1.29, 1.82) is 0 Å². The van der Waals surface area contributed by atoms with Gasteiger partial charge in [0.05, 0.1) is 36.6 Å². The van der Waals surface area contributed by atoms with Gasteiger partial charge in [0.2, 0.25) is 23.7 Å². The molecule has 1 aliphatic rings. The Balaban J connectivity index is 1.82. The van der Waals surface area contributed by atoms with E-state index in [2.05, 4.69) is 34.4 Å². The molecule has 1 saturated heterocycles. The van der Waals surface area contributed by atoms with Crippen LogP contribution in [0, 0.1) is 30.1 Å². The largest absolute Gasteiger partial charge is 0.458 e. The molecule has 0 bridgehead atoms. The first kappa shape index (κ1) is 48.3. The summed E-state index contributed by atoms with van der Waals surface area (Å²) in [4.78, 5) is 68.7. The normalized spacial score (nSPS) is 18.4. The summed E-state index contributed by atoms with van der Waals surface area (Å²) in [7, 11) is 4.90. The summed E-state index contributed by atoms with van der Waals surface area (Å²) in [6.45, 7) is 22.0. The maximum atomic E-state index is 14.3. The molecule has 1 fully saturated rings. The zero-order valence-corrected chi connectivity index (χ0v) is 37.6. The third-order valence-corrected chi connectivity index (χ3v) is 12.3. The zero-order valence-electron chi connectivity index (χ0n) is 37.6. The molecule has 1 aromatic heterocycles. The van der Waals surface area contributed by atoms with Crippen LogP contribution < -0.4 is 10.6 Å². The van der Waals surface area contributed by atoms with Gasteiger partial charge in [0.15, 0.2) is 0 Å². The number of esters is 1. The second kappa shape index (κ2) is 21.2. The molecule has 3 amide bonds. The number of anilines is 1. The molecule has 324 valence electrons. The van der Waals surface area contributed by atoms with Crippen molar-refractivity contribution in [3.05, 3.63) is 53.9 Å². The fourth-order valence-corrected chi connectivity index (χ4v) is 7.52. The number of nitrogens with zero attached hydrogens (tertiary/aromatic N) is 4. The standard InChI is InChI=1S/C45H72N6O7/c1-15-29(4)38(50(12)41(54)37(28(2)3)49-43-46-24-23-30(5)47-43)35(56-13)27-36(52)51-25-19-22-34(51)39(57-14)31(6)40(53)48-33(26-32-20-17-16-18-21-32)42(55)58-45(10,11)44(7,8)9/h16-18,20-21,23-24,28-29,31,33-35,37-39H,15,19,22,25-27H2,1-14H3,(H,48,53)(H,46,47,49)/t29-,31+,33-,34-,35+,37-,38-,39+/m0/s1. The Labute approximate surface area is 347 Å². The molecule has 0 aliphatic carbocycles. The third kappa shape index (κ3) is 12.5. The number of ether oxygens (including phenoxy) is 3. The van der Waals surface area contributed by atoms with Crippen molar-refractivity contribution in [3.63, 3.8) is 0 Å². The first-order valence-electron chi connectivity index (χ1n) is 20.9. The fourth-order valence-electron chi connectivity index (χ4n) is 7.52. The number of aromatic nitrogens is 2. The molecule has 0 unspecified atom stereocenters. The highest BCUT2D eigenvalue weighted by Gasteiger charge is 2.44. The average molecular weight is 809 g/mol. The van der Waals surface area contributed by atoms with Crippen LogP contribution in [-0.2, 0) is 39.8 Å². The van der Waals surface area contributed by atoms with Crippen LogP contribution in [0.3, 0.4) is 0 Å². The lowest BCUT2D eigenvalue weighted by Gasteiger charge is -2.41. The summed E-state index contributed by atoms with van der Waals surface area (Å²) in [6, 6.07) is 8.97. The van der Waals surface area contributed by atoms with Crippen LogP contribution in [0.25, 0.3) is 0 Å². The molecule has 1 aliphatic heterocycles. The Morgan fingerprint density at radius 3 is 2.19 bits per heavy atom. The molecular formula is C45H72N6O7. The Hall–Kier alpha value is -4.10. The van der Waals surface area contributed by atoms with E-state index < -0.39 is 47.8 Å². The molecule has 0 saturated carbocycles. The molecule has 2 aromatic rings. The van der Waals surface area contributed by atoms with Gasteiger partial charge in [-0.15, -0.1) is 0 Å². The summed E-state index contributed by atoms with van der Waals surface area (Å²) < 4.78 is 18.1. The Kier molecular flexibility index (Phi) is 17.7. The molecule has 0 radical (unpaired) electrons. The topological polar surface area (TPSA) is 152 Å². The molecule has 8 atom stereocenters. The number of likely N-dealkylation sites (N-methyl/N-ethyl adjacent to an activating group) is 1. The lowest BCUT2D eigenvalue weighted by molar-refractivity contribution is -0.171. The minimum Gasteiger partial charge on any atom is -0.458 e. The van der Waals surface area contributed by atoms with Crippen LogP contribution in [0.4, 0.5) is 5.95 Å². The number of hydrogen-bond donors (Lipinski definition) is 2. The summed E-state index contributed by atoms with van der Waals surface area (Å²) in [5, 5.41) is 6.23. The third-order valence-electron chi connectivity index (χ3n) is 12.3. The quantitative estimate of drug-likeness (QED) is 0.147. The predicted molar refractivity (Wildman–Crippen MR) is 227 cm³/mol. The van der Waals surface area contributed by atoms with Gasteiger partial charge in [-0.3, -0.25) is 14.4 Å². The van der Waals surface area contributed by atoms with E-state index in [4.69, 9.17) is 14.2 Å². The lowest BCUT2D eigenvalue weighted by atomic mass is 9.79. The van der Waals surface area contributed by atoms with E-state index in [0.29, 0.717) is 18.9 Å². The maximum absolute atomic E-state index is 14.3. The van der Waals surface area contributed by atoms with Gasteiger partial charge in [0.1, 0.15) is 17.7 Å². The second-order valence-corrected chi connectivity index (χ2v) is 17.9. The highest BCUT2D eigenvalue weighted by atomic mass is 16.6. The monoisotopic (exact) mass is 809 g/mol. The van der Waals surface area contributed by atoms with Crippen LogP contribution in [0.2, 0.25) is 0 Å². The van der Waals surface area contributed by atoms with Crippen LogP contribution in [0.1, 0.15) is 106 Å². The predicted octanol–water partition coefficient (Wildman–Crippen LogP) is 6.24. The molecule has 0 spiro atoms. The van der Waals surface area contributed by atoms with Crippen molar-refractivity contribution >= 4 is 29.6 Å². The Morgan fingerprint density at radius 2 is 1.64 bits per heavy atom. The second-order valence-electron chi connectivity index (χ2n) is 17.9. The molecule has 3 rings (SSSR count). The summed E-state index contributed by atoms with van der Waals surface area (Å²) >= 11 is 0.